The number of carbonyl (C=O) groups excluding carboxylic acids is 2. The van der Waals surface area contributed by atoms with E-state index in [1.165, 1.54) is 7.11 Å². The van der Waals surface area contributed by atoms with Crippen LogP contribution < -0.4 is 15.4 Å². The van der Waals surface area contributed by atoms with Crippen LogP contribution in [-0.2, 0) is 16.0 Å². The van der Waals surface area contributed by atoms with E-state index in [0.717, 1.165) is 12.2 Å². The molecular formula is C17H23N5O3. The number of H-pyrrole nitrogens is 1. The van der Waals surface area contributed by atoms with Crippen molar-refractivity contribution in [1.82, 2.24) is 15.2 Å². The zero-order valence-corrected chi connectivity index (χ0v) is 14.7. The lowest BCUT2D eigenvalue weighted by molar-refractivity contribution is -0.117. The van der Waals surface area contributed by atoms with Gasteiger partial charge in [0, 0.05) is 31.0 Å². The van der Waals surface area contributed by atoms with Crippen molar-refractivity contribution in [2.45, 2.75) is 39.5 Å². The van der Waals surface area contributed by atoms with Crippen LogP contribution in [0.1, 0.15) is 37.8 Å². The smallest absolute Gasteiger partial charge is 0.224 e. The van der Waals surface area contributed by atoms with Gasteiger partial charge in [-0.1, -0.05) is 6.92 Å². The molecule has 8 heteroatoms. The second-order valence-corrected chi connectivity index (χ2v) is 5.60. The lowest BCUT2D eigenvalue weighted by atomic mass is 10.2. The highest BCUT2D eigenvalue weighted by molar-refractivity contribution is 5.94. The summed E-state index contributed by atoms with van der Waals surface area (Å²) in [6, 6.07) is 5.11. The molecule has 8 nitrogen and oxygen atoms in total. The molecule has 0 spiro atoms. The third-order valence-electron chi connectivity index (χ3n) is 3.46. The summed E-state index contributed by atoms with van der Waals surface area (Å²) in [6.07, 6.45) is 1.95. The van der Waals surface area contributed by atoms with Crippen molar-refractivity contribution in [3.8, 4) is 5.75 Å². The molecule has 0 atom stereocenters. The molecule has 1 aromatic carbocycles. The number of methoxy groups -OCH3 is 1. The van der Waals surface area contributed by atoms with E-state index in [1.54, 1.807) is 18.2 Å². The molecular weight excluding hydrogens is 322 g/mol. The first kappa shape index (κ1) is 18.4. The number of nitrogens with zero attached hydrogens (tertiary/aromatic N) is 2. The van der Waals surface area contributed by atoms with Gasteiger partial charge in [0.1, 0.15) is 11.6 Å². The number of rotatable bonds is 8. The van der Waals surface area contributed by atoms with Crippen LogP contribution in [0.2, 0.25) is 0 Å². The second kappa shape index (κ2) is 8.81. The number of aryl methyl sites for hydroxylation is 2. The Morgan fingerprint density at radius 1 is 1.20 bits per heavy atom. The van der Waals surface area contributed by atoms with Gasteiger partial charge in [0.2, 0.25) is 11.8 Å². The molecule has 0 unspecified atom stereocenters. The average molecular weight is 345 g/mol. The first-order chi connectivity index (χ1) is 12.0. The molecule has 0 aliphatic heterocycles. The summed E-state index contributed by atoms with van der Waals surface area (Å²) in [5.74, 6) is 1.61. The van der Waals surface area contributed by atoms with Crippen molar-refractivity contribution >= 4 is 23.2 Å². The molecule has 0 fully saturated rings. The number of carbonyl (C=O) groups is 2. The molecule has 0 saturated heterocycles. The topological polar surface area (TPSA) is 109 Å². The average Bonchev–Trinajstić information content (AvgIpc) is 3.00. The maximum absolute atomic E-state index is 12.1. The van der Waals surface area contributed by atoms with Crippen LogP contribution in [0.15, 0.2) is 18.2 Å². The standard InChI is InChI=1S/C17H23N5O3/c1-4-5-16(23)20-13-7-6-12(10-14(13)25-3)19-17(24)9-8-15-18-11(2)21-22-15/h6-7,10H,4-5,8-9H2,1-3H3,(H,19,24)(H,20,23)(H,18,21,22). The van der Waals surface area contributed by atoms with E-state index in [9.17, 15) is 9.59 Å². The molecule has 134 valence electrons. The Labute approximate surface area is 146 Å². The van der Waals surface area contributed by atoms with Crippen molar-refractivity contribution in [3.05, 3.63) is 29.8 Å². The summed E-state index contributed by atoms with van der Waals surface area (Å²) >= 11 is 0. The Morgan fingerprint density at radius 3 is 2.60 bits per heavy atom. The van der Waals surface area contributed by atoms with Gasteiger partial charge in [0.25, 0.3) is 0 Å². The van der Waals surface area contributed by atoms with Crippen molar-refractivity contribution in [3.63, 3.8) is 0 Å². The van der Waals surface area contributed by atoms with Crippen LogP contribution in [-0.4, -0.2) is 34.1 Å². The fourth-order valence-corrected chi connectivity index (χ4v) is 2.26. The fraction of sp³-hybridized carbons (Fsp3) is 0.412. The quantitative estimate of drug-likeness (QED) is 0.681. The van der Waals surface area contributed by atoms with Gasteiger partial charge >= 0.3 is 0 Å². The summed E-state index contributed by atoms with van der Waals surface area (Å²) in [5.41, 5.74) is 1.18. The highest BCUT2D eigenvalue weighted by Gasteiger charge is 2.10. The number of ether oxygens (including phenoxy) is 1. The monoisotopic (exact) mass is 345 g/mol. The molecule has 25 heavy (non-hydrogen) atoms. The van der Waals surface area contributed by atoms with Crippen LogP contribution in [0.3, 0.4) is 0 Å². The lowest BCUT2D eigenvalue weighted by Crippen LogP contribution is -2.14. The van der Waals surface area contributed by atoms with E-state index in [0.29, 0.717) is 35.8 Å². The fourth-order valence-electron chi connectivity index (χ4n) is 2.26. The van der Waals surface area contributed by atoms with E-state index in [1.807, 2.05) is 13.8 Å². The van der Waals surface area contributed by atoms with E-state index in [2.05, 4.69) is 25.8 Å². The minimum atomic E-state index is -0.146. The molecule has 2 amide bonds. The zero-order chi connectivity index (χ0) is 18.2. The highest BCUT2D eigenvalue weighted by Crippen LogP contribution is 2.28. The van der Waals surface area contributed by atoms with Crippen molar-refractivity contribution in [1.29, 1.82) is 0 Å². The minimum absolute atomic E-state index is 0.0700. The van der Waals surface area contributed by atoms with Crippen LogP contribution >= 0.6 is 0 Å². The number of benzene rings is 1. The second-order valence-electron chi connectivity index (χ2n) is 5.60. The Balaban J connectivity index is 1.94. The molecule has 0 bridgehead atoms. The minimum Gasteiger partial charge on any atom is -0.494 e. The summed E-state index contributed by atoms with van der Waals surface area (Å²) in [5, 5.41) is 12.3. The molecule has 0 aliphatic rings. The van der Waals surface area contributed by atoms with Gasteiger partial charge in [-0.05, 0) is 25.5 Å². The first-order valence-corrected chi connectivity index (χ1v) is 8.17. The van der Waals surface area contributed by atoms with E-state index < -0.39 is 0 Å². The molecule has 1 aromatic heterocycles. The lowest BCUT2D eigenvalue weighted by Gasteiger charge is -2.12. The molecule has 0 saturated carbocycles. The summed E-state index contributed by atoms with van der Waals surface area (Å²) in [7, 11) is 1.52. The SMILES string of the molecule is CCCC(=O)Nc1ccc(NC(=O)CCc2n[nH]c(C)n2)cc1OC. The maximum Gasteiger partial charge on any atom is 0.224 e. The summed E-state index contributed by atoms with van der Waals surface area (Å²) in [4.78, 5) is 27.9. The number of hydrogen-bond acceptors (Lipinski definition) is 5. The normalized spacial score (nSPS) is 10.4. The van der Waals surface area contributed by atoms with Gasteiger partial charge < -0.3 is 15.4 Å². The molecule has 3 N–H and O–H groups in total. The predicted octanol–water partition coefficient (Wildman–Crippen LogP) is 2.43. The van der Waals surface area contributed by atoms with E-state index in [-0.39, 0.29) is 18.2 Å². The maximum atomic E-state index is 12.1. The largest absolute Gasteiger partial charge is 0.494 e. The van der Waals surface area contributed by atoms with Gasteiger partial charge in [0.05, 0.1) is 12.8 Å². The summed E-state index contributed by atoms with van der Waals surface area (Å²) in [6.45, 7) is 3.75. The van der Waals surface area contributed by atoms with E-state index in [4.69, 9.17) is 4.74 Å². The number of hydrogen-bond donors (Lipinski definition) is 3. The molecule has 2 aromatic rings. The van der Waals surface area contributed by atoms with Crippen molar-refractivity contribution in [2.24, 2.45) is 0 Å². The number of nitrogens with one attached hydrogen (secondary N) is 3. The molecule has 0 aliphatic carbocycles. The van der Waals surface area contributed by atoms with Gasteiger partial charge in [-0.15, -0.1) is 0 Å². The Morgan fingerprint density at radius 2 is 1.96 bits per heavy atom. The molecule has 2 rings (SSSR count). The number of aromatic nitrogens is 3. The Bertz CT molecular complexity index is 742. The Kier molecular flexibility index (Phi) is 6.50. The molecule has 1 heterocycles. The molecule has 0 radical (unpaired) electrons. The van der Waals surface area contributed by atoms with E-state index >= 15 is 0 Å². The third kappa shape index (κ3) is 5.59. The predicted molar refractivity (Wildman–Crippen MR) is 94.6 cm³/mol. The number of anilines is 2. The van der Waals surface area contributed by atoms with Crippen LogP contribution in [0.25, 0.3) is 0 Å². The van der Waals surface area contributed by atoms with Crippen LogP contribution in [0.4, 0.5) is 11.4 Å². The number of amides is 2. The number of aromatic amines is 1. The van der Waals surface area contributed by atoms with Crippen LogP contribution in [0, 0.1) is 6.92 Å². The van der Waals surface area contributed by atoms with Gasteiger partial charge in [-0.25, -0.2) is 4.98 Å². The third-order valence-corrected chi connectivity index (χ3v) is 3.46. The van der Waals surface area contributed by atoms with Gasteiger partial charge in [0.15, 0.2) is 5.82 Å². The van der Waals surface area contributed by atoms with Crippen molar-refractivity contribution < 1.29 is 14.3 Å². The van der Waals surface area contributed by atoms with Gasteiger partial charge in [-0.2, -0.15) is 5.10 Å². The van der Waals surface area contributed by atoms with Crippen LogP contribution in [0.5, 0.6) is 5.75 Å². The first-order valence-electron chi connectivity index (χ1n) is 8.17. The van der Waals surface area contributed by atoms with Gasteiger partial charge in [-0.3, -0.25) is 14.7 Å². The Hall–Kier alpha value is -2.90. The zero-order valence-electron chi connectivity index (χ0n) is 14.7. The highest BCUT2D eigenvalue weighted by atomic mass is 16.5. The van der Waals surface area contributed by atoms with Crippen molar-refractivity contribution in [2.75, 3.05) is 17.7 Å². The summed E-state index contributed by atoms with van der Waals surface area (Å²) < 4.78 is 5.29.